The fourth-order valence-electron chi connectivity index (χ4n) is 1.87. The zero-order valence-electron chi connectivity index (χ0n) is 11.4. The smallest absolute Gasteiger partial charge is 0.242 e. The highest BCUT2D eigenvalue weighted by Gasteiger charge is 2.26. The van der Waals surface area contributed by atoms with Crippen molar-refractivity contribution in [2.24, 2.45) is 0 Å². The van der Waals surface area contributed by atoms with E-state index in [-0.39, 0.29) is 11.5 Å². The molecule has 0 fully saturated rings. The summed E-state index contributed by atoms with van der Waals surface area (Å²) in [4.78, 5) is 4.57. The highest BCUT2D eigenvalue weighted by Crippen LogP contribution is 2.28. The number of aromatic nitrogens is 1. The molecule has 2 N–H and O–H groups in total. The van der Waals surface area contributed by atoms with Crippen LogP contribution in [0.1, 0.15) is 35.1 Å². The Bertz CT molecular complexity index is 703. The monoisotopic (exact) mass is 316 g/mol. The highest BCUT2D eigenvalue weighted by molar-refractivity contribution is 7.89. The number of oxazole rings is 1. The molecule has 8 heteroatoms. The van der Waals surface area contributed by atoms with Crippen LogP contribution in [0, 0.1) is 13.8 Å². The number of aliphatic hydroxyl groups is 1. The summed E-state index contributed by atoms with van der Waals surface area (Å²) in [6, 6.07) is -0.584. The van der Waals surface area contributed by atoms with Gasteiger partial charge >= 0.3 is 0 Å². The van der Waals surface area contributed by atoms with Gasteiger partial charge in [0.2, 0.25) is 15.9 Å². The number of aliphatic hydroxyl groups excluding tert-OH is 1. The first-order valence-corrected chi connectivity index (χ1v) is 8.34. The highest BCUT2D eigenvalue weighted by atomic mass is 32.2. The number of hydrogen-bond donors (Lipinski definition) is 2. The van der Waals surface area contributed by atoms with Gasteiger partial charge in [0, 0.05) is 0 Å². The SMILES string of the molecule is Cc1cnc(C(C)NS(=O)(=O)c2c(C)csc2CO)o1. The molecule has 0 aliphatic heterocycles. The van der Waals surface area contributed by atoms with Crippen LogP contribution in [-0.4, -0.2) is 18.5 Å². The second-order valence-electron chi connectivity index (χ2n) is 4.48. The summed E-state index contributed by atoms with van der Waals surface area (Å²) in [5.74, 6) is 0.929. The Hall–Kier alpha value is -1.22. The number of sulfonamides is 1. The molecule has 110 valence electrons. The van der Waals surface area contributed by atoms with Crippen LogP contribution >= 0.6 is 11.3 Å². The van der Waals surface area contributed by atoms with Crippen LogP contribution < -0.4 is 4.72 Å². The lowest BCUT2D eigenvalue weighted by molar-refractivity contribution is 0.282. The maximum absolute atomic E-state index is 12.4. The molecule has 0 aliphatic rings. The van der Waals surface area contributed by atoms with Gasteiger partial charge in [-0.25, -0.2) is 13.4 Å². The third-order valence-corrected chi connectivity index (χ3v) is 5.73. The van der Waals surface area contributed by atoms with Crippen LogP contribution in [-0.2, 0) is 16.6 Å². The number of nitrogens with one attached hydrogen (secondary N) is 1. The van der Waals surface area contributed by atoms with E-state index >= 15 is 0 Å². The molecule has 20 heavy (non-hydrogen) atoms. The first-order chi connectivity index (χ1) is 9.35. The molecule has 2 heterocycles. The predicted octanol–water partition coefficient (Wildman–Crippen LogP) is 1.88. The first-order valence-electron chi connectivity index (χ1n) is 5.97. The average molecular weight is 316 g/mol. The summed E-state index contributed by atoms with van der Waals surface area (Å²) in [5.41, 5.74) is 0.613. The lowest BCUT2D eigenvalue weighted by Crippen LogP contribution is -2.28. The van der Waals surface area contributed by atoms with Crippen LogP contribution in [0.15, 0.2) is 20.9 Å². The number of thiophene rings is 1. The zero-order chi connectivity index (χ0) is 14.9. The van der Waals surface area contributed by atoms with Crippen molar-refractivity contribution in [1.29, 1.82) is 0 Å². The normalized spacial score (nSPS) is 13.6. The van der Waals surface area contributed by atoms with E-state index in [1.807, 2.05) is 0 Å². The standard InChI is InChI=1S/C12H16N2O4S2/c1-7-6-19-10(5-15)11(7)20(16,17)14-9(3)12-13-4-8(2)18-12/h4,6,9,14-15H,5H2,1-3H3. The summed E-state index contributed by atoms with van der Waals surface area (Å²) in [7, 11) is -3.73. The molecule has 0 aromatic carbocycles. The molecule has 2 aromatic rings. The van der Waals surface area contributed by atoms with E-state index < -0.39 is 16.1 Å². The molecule has 0 aliphatic carbocycles. The van der Waals surface area contributed by atoms with Crippen molar-refractivity contribution in [1.82, 2.24) is 9.71 Å². The van der Waals surface area contributed by atoms with E-state index in [2.05, 4.69) is 9.71 Å². The van der Waals surface area contributed by atoms with Gasteiger partial charge in [0.05, 0.1) is 23.7 Å². The van der Waals surface area contributed by atoms with Gasteiger partial charge in [-0.1, -0.05) is 0 Å². The van der Waals surface area contributed by atoms with Gasteiger partial charge < -0.3 is 9.52 Å². The predicted molar refractivity (Wildman–Crippen MR) is 75.0 cm³/mol. The fraction of sp³-hybridized carbons (Fsp3) is 0.417. The fourth-order valence-corrected chi connectivity index (χ4v) is 4.73. The van der Waals surface area contributed by atoms with E-state index in [0.29, 0.717) is 22.1 Å². The van der Waals surface area contributed by atoms with Crippen LogP contribution in [0.3, 0.4) is 0 Å². The molecule has 0 spiro atoms. The zero-order valence-corrected chi connectivity index (χ0v) is 13.0. The Balaban J connectivity index is 2.29. The van der Waals surface area contributed by atoms with Crippen LogP contribution in [0.2, 0.25) is 0 Å². The Labute approximate surface area is 121 Å². The molecule has 1 unspecified atom stereocenters. The lowest BCUT2D eigenvalue weighted by atomic mass is 10.3. The van der Waals surface area contributed by atoms with Crippen molar-refractivity contribution < 1.29 is 17.9 Å². The van der Waals surface area contributed by atoms with Gasteiger partial charge in [0.15, 0.2) is 0 Å². The molecule has 2 aromatic heterocycles. The average Bonchev–Trinajstić information content (AvgIpc) is 2.94. The summed E-state index contributed by atoms with van der Waals surface area (Å²) < 4.78 is 32.6. The topological polar surface area (TPSA) is 92.4 Å². The van der Waals surface area contributed by atoms with Crippen molar-refractivity contribution in [3.63, 3.8) is 0 Å². The Morgan fingerprint density at radius 3 is 2.75 bits per heavy atom. The summed E-state index contributed by atoms with van der Waals surface area (Å²) in [5, 5.41) is 10.9. The minimum atomic E-state index is -3.73. The number of nitrogens with zero attached hydrogens (tertiary/aromatic N) is 1. The van der Waals surface area contributed by atoms with Crippen molar-refractivity contribution in [3.05, 3.63) is 33.7 Å². The molecule has 0 radical (unpaired) electrons. The second-order valence-corrected chi connectivity index (χ2v) is 7.10. The minimum Gasteiger partial charge on any atom is -0.444 e. The molecule has 0 amide bonds. The molecule has 1 atom stereocenters. The van der Waals surface area contributed by atoms with E-state index in [1.54, 1.807) is 26.2 Å². The van der Waals surface area contributed by atoms with Gasteiger partial charge in [-0.3, -0.25) is 0 Å². The van der Waals surface area contributed by atoms with Crippen molar-refractivity contribution >= 4 is 21.4 Å². The maximum Gasteiger partial charge on any atom is 0.242 e. The maximum atomic E-state index is 12.4. The lowest BCUT2D eigenvalue weighted by Gasteiger charge is -2.12. The van der Waals surface area contributed by atoms with Crippen LogP contribution in [0.4, 0.5) is 0 Å². The second kappa shape index (κ2) is 5.65. The van der Waals surface area contributed by atoms with Crippen molar-refractivity contribution in [2.45, 2.75) is 38.3 Å². The molecular weight excluding hydrogens is 300 g/mol. The minimum absolute atomic E-state index is 0.139. The van der Waals surface area contributed by atoms with Gasteiger partial charge in [0.25, 0.3) is 0 Å². The van der Waals surface area contributed by atoms with Crippen molar-refractivity contribution in [2.75, 3.05) is 0 Å². The van der Waals surface area contributed by atoms with E-state index in [4.69, 9.17) is 4.42 Å². The van der Waals surface area contributed by atoms with Crippen molar-refractivity contribution in [3.8, 4) is 0 Å². The molecule has 6 nitrogen and oxygen atoms in total. The van der Waals surface area contributed by atoms with Gasteiger partial charge in [-0.2, -0.15) is 4.72 Å². The molecule has 2 rings (SSSR count). The van der Waals surface area contributed by atoms with Gasteiger partial charge in [0.1, 0.15) is 10.7 Å². The molecule has 0 saturated heterocycles. The van der Waals surface area contributed by atoms with Gasteiger partial charge in [-0.15, -0.1) is 11.3 Å². The summed E-state index contributed by atoms with van der Waals surface area (Å²) >= 11 is 1.22. The van der Waals surface area contributed by atoms with E-state index in [0.717, 1.165) is 0 Å². The number of aryl methyl sites for hydroxylation is 2. The van der Waals surface area contributed by atoms with Gasteiger partial charge in [-0.05, 0) is 31.7 Å². The molecule has 0 bridgehead atoms. The first kappa shape index (κ1) is 15.2. The molecular formula is C12H16N2O4S2. The van der Waals surface area contributed by atoms with Crippen LogP contribution in [0.25, 0.3) is 0 Å². The summed E-state index contributed by atoms with van der Waals surface area (Å²) in [6.45, 7) is 4.79. The molecule has 0 saturated carbocycles. The third-order valence-electron chi connectivity index (χ3n) is 2.74. The summed E-state index contributed by atoms with van der Waals surface area (Å²) in [6.07, 6.45) is 1.54. The van der Waals surface area contributed by atoms with Crippen LogP contribution in [0.5, 0.6) is 0 Å². The quantitative estimate of drug-likeness (QED) is 0.878. The number of rotatable bonds is 5. The largest absolute Gasteiger partial charge is 0.444 e. The number of hydrogen-bond acceptors (Lipinski definition) is 6. The Morgan fingerprint density at radius 1 is 1.50 bits per heavy atom. The third kappa shape index (κ3) is 2.93. The Kier molecular flexibility index (Phi) is 4.28. The Morgan fingerprint density at radius 2 is 2.20 bits per heavy atom. The van der Waals surface area contributed by atoms with E-state index in [9.17, 15) is 13.5 Å². The van der Waals surface area contributed by atoms with E-state index in [1.165, 1.54) is 17.5 Å².